The Balaban J connectivity index is 1.10. The van der Waals surface area contributed by atoms with Crippen molar-refractivity contribution in [2.75, 3.05) is 0 Å². The van der Waals surface area contributed by atoms with Crippen LogP contribution in [0.5, 0.6) is 0 Å². The van der Waals surface area contributed by atoms with Gasteiger partial charge in [0.25, 0.3) is 0 Å². The average Bonchev–Trinajstić information content (AvgIpc) is 3.82. The molecule has 2 aromatic heterocycles. The highest BCUT2D eigenvalue weighted by Gasteiger charge is 2.22. The molecule has 59 heavy (non-hydrogen) atoms. The van der Waals surface area contributed by atoms with Crippen molar-refractivity contribution in [3.8, 4) is 55.9 Å². The van der Waals surface area contributed by atoms with Crippen LogP contribution in [-0.4, -0.2) is 32.7 Å². The van der Waals surface area contributed by atoms with Crippen molar-refractivity contribution in [3.63, 3.8) is 0 Å². The molecular formula is C54H33B3N2. The summed E-state index contributed by atoms with van der Waals surface area (Å²) < 4.78 is 4.53. The molecule has 0 atom stereocenters. The zero-order valence-corrected chi connectivity index (χ0v) is 32.2. The number of aromatic nitrogens is 2. The van der Waals surface area contributed by atoms with Crippen LogP contribution in [0.15, 0.2) is 200 Å². The molecule has 9 aromatic carbocycles. The number of para-hydroxylation sites is 2. The minimum absolute atomic E-state index is 0.469. The highest BCUT2D eigenvalue weighted by atomic mass is 15.0. The lowest BCUT2D eigenvalue weighted by Crippen LogP contribution is -2.35. The minimum atomic E-state index is 0.469. The maximum Gasteiger partial charge on any atom is 0.115 e. The van der Waals surface area contributed by atoms with Gasteiger partial charge >= 0.3 is 0 Å². The summed E-state index contributed by atoms with van der Waals surface area (Å²) in [5.74, 6) is 0. The molecular weight excluding hydrogens is 709 g/mol. The second-order valence-corrected chi connectivity index (χ2v) is 15.2. The molecule has 11 rings (SSSR count). The molecule has 0 fully saturated rings. The van der Waals surface area contributed by atoms with E-state index in [0.29, 0.717) is 16.4 Å². The molecule has 6 radical (unpaired) electrons. The smallest absolute Gasteiger partial charge is 0.115 e. The molecule has 268 valence electrons. The molecule has 2 nitrogen and oxygen atoms in total. The average molecular weight is 742 g/mol. The lowest BCUT2D eigenvalue weighted by molar-refractivity contribution is 1.18. The van der Waals surface area contributed by atoms with E-state index < -0.39 is 0 Å². The Hall–Kier alpha value is -7.23. The molecule has 0 saturated heterocycles. The van der Waals surface area contributed by atoms with Gasteiger partial charge in [0.1, 0.15) is 23.5 Å². The Kier molecular flexibility index (Phi) is 8.30. The number of benzene rings is 9. The van der Waals surface area contributed by atoms with Crippen molar-refractivity contribution in [2.45, 2.75) is 0 Å². The van der Waals surface area contributed by atoms with Crippen LogP contribution in [0.4, 0.5) is 0 Å². The first kappa shape index (κ1) is 35.0. The number of nitrogens with zero attached hydrogens (tertiary/aromatic N) is 2. The molecule has 0 aliphatic heterocycles. The molecule has 0 N–H and O–H groups in total. The van der Waals surface area contributed by atoms with E-state index in [4.69, 9.17) is 23.5 Å². The van der Waals surface area contributed by atoms with Crippen LogP contribution in [-0.2, 0) is 0 Å². The zero-order valence-electron chi connectivity index (χ0n) is 32.2. The quantitative estimate of drug-likeness (QED) is 0.150. The molecule has 0 saturated carbocycles. The van der Waals surface area contributed by atoms with Gasteiger partial charge in [-0.25, -0.2) is 0 Å². The van der Waals surface area contributed by atoms with Gasteiger partial charge in [0.15, 0.2) is 0 Å². The highest BCUT2D eigenvalue weighted by molar-refractivity contribution is 6.60. The van der Waals surface area contributed by atoms with Crippen LogP contribution in [0.25, 0.3) is 99.5 Å². The summed E-state index contributed by atoms with van der Waals surface area (Å²) in [5, 5.41) is 4.16. The number of hydrogen-bond donors (Lipinski definition) is 0. The second kappa shape index (κ2) is 14.0. The topological polar surface area (TPSA) is 9.86 Å². The highest BCUT2D eigenvalue weighted by Crippen LogP contribution is 2.38. The minimum Gasteiger partial charge on any atom is -0.310 e. The molecule has 0 unspecified atom stereocenters. The van der Waals surface area contributed by atoms with E-state index in [2.05, 4.69) is 179 Å². The van der Waals surface area contributed by atoms with Crippen molar-refractivity contribution < 1.29 is 0 Å². The summed E-state index contributed by atoms with van der Waals surface area (Å²) in [4.78, 5) is 0. The maximum absolute atomic E-state index is 7.27. The fraction of sp³-hybridized carbons (Fsp3) is 0. The summed E-state index contributed by atoms with van der Waals surface area (Å²) in [7, 11) is 21.4. The van der Waals surface area contributed by atoms with E-state index in [-0.39, 0.29) is 0 Å². The first-order valence-electron chi connectivity index (χ1n) is 19.9. The Morgan fingerprint density at radius 2 is 0.814 bits per heavy atom. The molecule has 0 bridgehead atoms. The van der Waals surface area contributed by atoms with Crippen LogP contribution in [0, 0.1) is 0 Å². The Morgan fingerprint density at radius 3 is 1.51 bits per heavy atom. The van der Waals surface area contributed by atoms with Crippen molar-refractivity contribution in [1.29, 1.82) is 0 Å². The normalized spacial score (nSPS) is 11.6. The molecule has 2 heterocycles. The van der Waals surface area contributed by atoms with E-state index in [0.717, 1.165) is 77.2 Å². The maximum atomic E-state index is 7.27. The number of rotatable bonds is 6. The standard InChI is InChI=1S/C54H33B3N2/c55-51-49(52(56)53(57)54-50(51)44-21-10-11-22-46(44)59(54)41-19-8-3-9-20-41)40-26-30-47-45(32-40)43-29-25-39(35-15-6-2-7-16-35)33-48(43)58(47)42-27-23-36(24-28-42)38-18-12-17-37(31-38)34-13-4-1-5-14-34/h1-33H. The lowest BCUT2D eigenvalue weighted by atomic mass is 9.69. The largest absolute Gasteiger partial charge is 0.310 e. The summed E-state index contributed by atoms with van der Waals surface area (Å²) >= 11 is 0. The predicted octanol–water partition coefficient (Wildman–Crippen LogP) is 10.9. The fourth-order valence-corrected chi connectivity index (χ4v) is 9.03. The van der Waals surface area contributed by atoms with Gasteiger partial charge < -0.3 is 9.13 Å². The predicted molar refractivity (Wildman–Crippen MR) is 253 cm³/mol. The SMILES string of the molecule is [B]c1c(-c2ccc3c(c2)c2ccc(-c4ccccc4)cc2n3-c2ccc(-c3cccc(-c4ccccc4)c3)cc2)c([B])c2c3ccccc3n(-c3ccccc3)c2c1[B]. The Morgan fingerprint density at radius 1 is 0.288 bits per heavy atom. The monoisotopic (exact) mass is 742 g/mol. The first-order chi connectivity index (χ1) is 29.0. The lowest BCUT2D eigenvalue weighted by Gasteiger charge is -2.19. The molecule has 5 heteroatoms. The first-order valence-corrected chi connectivity index (χ1v) is 19.9. The van der Waals surface area contributed by atoms with Gasteiger partial charge in [0.2, 0.25) is 0 Å². The van der Waals surface area contributed by atoms with Crippen molar-refractivity contribution in [2.24, 2.45) is 0 Å². The third-order valence-electron chi connectivity index (χ3n) is 11.8. The van der Waals surface area contributed by atoms with E-state index in [1.807, 2.05) is 30.3 Å². The van der Waals surface area contributed by atoms with Gasteiger partial charge in [-0.1, -0.05) is 162 Å². The van der Waals surface area contributed by atoms with Crippen molar-refractivity contribution in [3.05, 3.63) is 200 Å². The van der Waals surface area contributed by atoms with Crippen molar-refractivity contribution in [1.82, 2.24) is 9.13 Å². The molecule has 0 amide bonds. The summed E-state index contributed by atoms with van der Waals surface area (Å²) in [6.07, 6.45) is 0. The van der Waals surface area contributed by atoms with Gasteiger partial charge in [-0.3, -0.25) is 0 Å². The van der Waals surface area contributed by atoms with Gasteiger partial charge in [0, 0.05) is 38.4 Å². The molecule has 0 aliphatic rings. The zero-order chi connectivity index (χ0) is 39.6. The number of fused-ring (bicyclic) bond motifs is 6. The molecule has 11 aromatic rings. The van der Waals surface area contributed by atoms with Crippen LogP contribution in [0.1, 0.15) is 0 Å². The van der Waals surface area contributed by atoms with Gasteiger partial charge in [-0.15, -0.1) is 0 Å². The van der Waals surface area contributed by atoms with Crippen LogP contribution < -0.4 is 16.4 Å². The van der Waals surface area contributed by atoms with E-state index in [9.17, 15) is 0 Å². The molecule has 0 spiro atoms. The van der Waals surface area contributed by atoms with Crippen molar-refractivity contribution >= 4 is 83.5 Å². The molecule has 0 aliphatic carbocycles. The van der Waals surface area contributed by atoms with E-state index >= 15 is 0 Å². The Labute approximate surface area is 347 Å². The van der Waals surface area contributed by atoms with Gasteiger partial charge in [-0.2, -0.15) is 0 Å². The fourth-order valence-electron chi connectivity index (χ4n) is 9.03. The summed E-state index contributed by atoms with van der Waals surface area (Å²) in [6.45, 7) is 0. The van der Waals surface area contributed by atoms with E-state index in [1.54, 1.807) is 0 Å². The van der Waals surface area contributed by atoms with Crippen LogP contribution >= 0.6 is 0 Å². The third kappa shape index (κ3) is 5.68. The van der Waals surface area contributed by atoms with Crippen LogP contribution in [0.3, 0.4) is 0 Å². The number of hydrogen-bond acceptors (Lipinski definition) is 0. The van der Waals surface area contributed by atoms with E-state index in [1.165, 1.54) is 22.3 Å². The summed E-state index contributed by atoms with van der Waals surface area (Å²) in [5.41, 5.74) is 16.4. The Bertz CT molecular complexity index is 3390. The van der Waals surface area contributed by atoms with Gasteiger partial charge in [0.05, 0.1) is 16.6 Å². The van der Waals surface area contributed by atoms with Crippen LogP contribution in [0.2, 0.25) is 0 Å². The van der Waals surface area contributed by atoms with Gasteiger partial charge in [-0.05, 0) is 99.1 Å². The second-order valence-electron chi connectivity index (χ2n) is 15.2. The summed E-state index contributed by atoms with van der Waals surface area (Å²) in [6, 6.07) is 70.5. The third-order valence-corrected chi connectivity index (χ3v) is 11.8.